The number of aliphatic hydroxyl groups is 2. The first-order valence-electron chi connectivity index (χ1n) is 8.65. The first kappa shape index (κ1) is 23.5. The van der Waals surface area contributed by atoms with Crippen LogP contribution in [0.4, 0.5) is 0 Å². The molecule has 0 bridgehead atoms. The van der Waals surface area contributed by atoms with E-state index in [0.717, 1.165) is 0 Å². The second-order valence-corrected chi connectivity index (χ2v) is 8.09. The van der Waals surface area contributed by atoms with Crippen molar-refractivity contribution in [3.8, 4) is 0 Å². The number of hydrogen-bond donors (Lipinski definition) is 5. The summed E-state index contributed by atoms with van der Waals surface area (Å²) in [6.07, 6.45) is -2.74. The van der Waals surface area contributed by atoms with E-state index in [0.29, 0.717) is 0 Å². The largest absolute Gasteiger partial charge is 0.469 e. The van der Waals surface area contributed by atoms with Crippen LogP contribution in [0.15, 0.2) is 24.5 Å². The summed E-state index contributed by atoms with van der Waals surface area (Å²) in [4.78, 5) is 41.6. The first-order valence-corrected chi connectivity index (χ1v) is 10.2. The van der Waals surface area contributed by atoms with Crippen molar-refractivity contribution in [2.24, 2.45) is 11.7 Å². The zero-order valence-electron chi connectivity index (χ0n) is 15.7. The number of phosphoric ester groups is 1. The lowest BCUT2D eigenvalue weighted by atomic mass is 10.1. The van der Waals surface area contributed by atoms with Gasteiger partial charge in [0.2, 0.25) is 0 Å². The van der Waals surface area contributed by atoms with Crippen LogP contribution in [0.2, 0.25) is 0 Å². The number of nitrogens with two attached hydrogens (primary N) is 1. The molecule has 2 heterocycles. The number of carbonyl (C=O) groups is 2. The van der Waals surface area contributed by atoms with E-state index < -0.39 is 56.9 Å². The predicted molar refractivity (Wildman–Crippen MR) is 93.8 cm³/mol. The van der Waals surface area contributed by atoms with Gasteiger partial charge < -0.3 is 35.2 Å². The van der Waals surface area contributed by atoms with Crippen LogP contribution in [0, 0.1) is 5.92 Å². The molecule has 0 aliphatic carbocycles. The van der Waals surface area contributed by atoms with E-state index in [2.05, 4.69) is 4.52 Å². The maximum Gasteiger partial charge on any atom is 0.469 e. The monoisotopic (exact) mass is 435 g/mol. The molecule has 12 nitrogen and oxygen atoms in total. The molecule has 1 fully saturated rings. The highest BCUT2D eigenvalue weighted by Crippen LogP contribution is 2.37. The average Bonchev–Trinajstić information content (AvgIpc) is 2.93. The number of carbonyl (C=O) groups excluding carboxylic acids is 2. The number of nitrogens with zero attached hydrogens (tertiary/aromatic N) is 1. The highest BCUT2D eigenvalue weighted by molar-refractivity contribution is 7.46. The minimum Gasteiger partial charge on any atom is -0.388 e. The normalized spacial score (nSPS) is 25.8. The van der Waals surface area contributed by atoms with Gasteiger partial charge >= 0.3 is 19.8 Å². The third-order valence-electron chi connectivity index (χ3n) is 4.28. The van der Waals surface area contributed by atoms with Crippen LogP contribution in [-0.2, 0) is 23.4 Å². The summed E-state index contributed by atoms with van der Waals surface area (Å²) in [6, 6.07) is 1.81. The Labute approximate surface area is 166 Å². The van der Waals surface area contributed by atoms with Gasteiger partial charge in [0.05, 0.1) is 6.61 Å². The Bertz CT molecular complexity index is 798. The Morgan fingerprint density at radius 1 is 1.31 bits per heavy atom. The van der Waals surface area contributed by atoms with Gasteiger partial charge in [0.1, 0.15) is 23.8 Å². The van der Waals surface area contributed by atoms with E-state index >= 15 is 0 Å². The molecule has 1 aliphatic heterocycles. The molecule has 0 saturated carbocycles. The van der Waals surface area contributed by atoms with Crippen molar-refractivity contribution >= 4 is 19.8 Å². The van der Waals surface area contributed by atoms with Crippen molar-refractivity contribution < 1.29 is 52.7 Å². The predicted octanol–water partition coefficient (Wildman–Crippen LogP) is -1.63. The van der Waals surface area contributed by atoms with Gasteiger partial charge in [0, 0.05) is 6.07 Å². The second-order valence-electron chi connectivity index (χ2n) is 6.85. The zero-order chi connectivity index (χ0) is 21.9. The lowest BCUT2D eigenvalue weighted by molar-refractivity contribution is -0.765. The third-order valence-corrected chi connectivity index (χ3v) is 4.76. The molecule has 1 aromatic heterocycles. The van der Waals surface area contributed by atoms with Crippen LogP contribution in [0.5, 0.6) is 0 Å². The fourth-order valence-corrected chi connectivity index (χ4v) is 2.89. The highest BCUT2D eigenvalue weighted by Gasteiger charge is 2.49. The van der Waals surface area contributed by atoms with Gasteiger partial charge in [0.15, 0.2) is 18.5 Å². The molecule has 0 spiro atoms. The maximum atomic E-state index is 12.2. The van der Waals surface area contributed by atoms with Crippen molar-refractivity contribution in [1.29, 1.82) is 0 Å². The second kappa shape index (κ2) is 9.37. The Morgan fingerprint density at radius 3 is 2.55 bits per heavy atom. The summed E-state index contributed by atoms with van der Waals surface area (Å²) >= 11 is 0. The van der Waals surface area contributed by atoms with Crippen LogP contribution in [0.1, 0.15) is 30.4 Å². The van der Waals surface area contributed by atoms with Crippen LogP contribution < -0.4 is 10.3 Å². The van der Waals surface area contributed by atoms with Crippen LogP contribution in [0.3, 0.4) is 0 Å². The van der Waals surface area contributed by atoms with E-state index in [1.54, 1.807) is 13.8 Å². The molecule has 1 saturated heterocycles. The average molecular weight is 435 g/mol. The van der Waals surface area contributed by atoms with Gasteiger partial charge in [0.25, 0.3) is 6.23 Å². The summed E-state index contributed by atoms with van der Waals surface area (Å²) in [7, 11) is -4.79. The molecule has 2 rings (SSSR count). The smallest absolute Gasteiger partial charge is 0.388 e. The van der Waals surface area contributed by atoms with Crippen LogP contribution in [-0.4, -0.2) is 62.9 Å². The lowest BCUT2D eigenvalue weighted by Crippen LogP contribution is -2.46. The molecule has 162 valence electrons. The molecule has 1 aliphatic rings. The van der Waals surface area contributed by atoms with Gasteiger partial charge in [-0.15, -0.1) is 0 Å². The summed E-state index contributed by atoms with van der Waals surface area (Å²) in [5.74, 6) is -2.08. The molecule has 1 aromatic rings. The Balaban J connectivity index is 2.11. The molecular formula is C16H24N2O10P+. The minimum absolute atomic E-state index is 0.0444. The highest BCUT2D eigenvalue weighted by atomic mass is 31.2. The number of hydrogen-bond acceptors (Lipinski definition) is 9. The van der Waals surface area contributed by atoms with E-state index in [1.807, 2.05) is 0 Å². The number of aromatic nitrogens is 1. The Morgan fingerprint density at radius 2 is 1.97 bits per heavy atom. The third kappa shape index (κ3) is 6.11. The van der Waals surface area contributed by atoms with Crippen molar-refractivity contribution in [1.82, 2.24) is 0 Å². The zero-order valence-corrected chi connectivity index (χ0v) is 16.6. The van der Waals surface area contributed by atoms with Gasteiger partial charge in [-0.25, -0.2) is 14.2 Å². The maximum absolute atomic E-state index is 12.2. The molecule has 5 atom stereocenters. The Hall–Kier alpha value is -1.76. The van der Waals surface area contributed by atoms with E-state index in [-0.39, 0.29) is 11.5 Å². The summed E-state index contributed by atoms with van der Waals surface area (Å²) in [5, 5.41) is 20.2. The standard InChI is InChI=1S/C16H23N2O10P/c1-8(2)11(17)16(22)28-15(21)9-4-3-5-18(6-9)14-13(20)12(19)10(27-14)7-26-29(23,24)25/h3-6,8,10-14,19-20H,7,17H2,1-2H3,(H-,23,24,25)/p+1/t10-,11+,12-,13-,14-/m1/s1. The van der Waals surface area contributed by atoms with Gasteiger partial charge in [-0.05, 0) is 12.0 Å². The van der Waals surface area contributed by atoms with Crippen molar-refractivity contribution in [3.05, 3.63) is 30.1 Å². The van der Waals surface area contributed by atoms with Crippen LogP contribution in [0.25, 0.3) is 0 Å². The topological polar surface area (TPSA) is 190 Å². The summed E-state index contributed by atoms with van der Waals surface area (Å²) in [5.41, 5.74) is 5.60. The fourth-order valence-electron chi connectivity index (χ4n) is 2.55. The first-order chi connectivity index (χ1) is 13.4. The molecule has 29 heavy (non-hydrogen) atoms. The van der Waals surface area contributed by atoms with Gasteiger partial charge in [-0.3, -0.25) is 4.52 Å². The number of rotatable bonds is 7. The molecule has 0 unspecified atom stereocenters. The minimum atomic E-state index is -4.79. The molecule has 13 heteroatoms. The van der Waals surface area contributed by atoms with Crippen LogP contribution >= 0.6 is 7.82 Å². The van der Waals surface area contributed by atoms with E-state index in [1.165, 1.54) is 29.1 Å². The van der Waals surface area contributed by atoms with Crippen molar-refractivity contribution in [2.45, 2.75) is 44.4 Å². The molecule has 6 N–H and O–H groups in total. The number of ether oxygens (including phenoxy) is 2. The molecular weight excluding hydrogens is 411 g/mol. The quantitative estimate of drug-likeness (QED) is 0.143. The lowest BCUT2D eigenvalue weighted by Gasteiger charge is -2.13. The SMILES string of the molecule is CC(C)[C@H](N)C(=O)OC(=O)c1ccc[n+]([C@@H]2O[C@H](COP(=O)(O)O)[C@@H](O)[C@H]2O)c1. The fraction of sp³-hybridized carbons (Fsp3) is 0.562. The number of phosphoric acid groups is 1. The summed E-state index contributed by atoms with van der Waals surface area (Å²) < 4.78 is 26.5. The van der Waals surface area contributed by atoms with E-state index in [4.69, 9.17) is 25.0 Å². The van der Waals surface area contributed by atoms with Crippen molar-refractivity contribution in [3.63, 3.8) is 0 Å². The molecule has 0 amide bonds. The van der Waals surface area contributed by atoms with Gasteiger partial charge in [-0.2, -0.15) is 4.57 Å². The van der Waals surface area contributed by atoms with Gasteiger partial charge in [-0.1, -0.05) is 13.8 Å². The number of pyridine rings is 1. The Kier molecular flexibility index (Phi) is 7.60. The molecule has 0 aromatic carbocycles. The van der Waals surface area contributed by atoms with Crippen molar-refractivity contribution in [2.75, 3.05) is 6.61 Å². The number of esters is 2. The van der Waals surface area contributed by atoms with E-state index in [9.17, 15) is 24.4 Å². The number of aliphatic hydroxyl groups excluding tert-OH is 2. The summed E-state index contributed by atoms with van der Waals surface area (Å²) in [6.45, 7) is 2.73. The molecule has 0 radical (unpaired) electrons.